The summed E-state index contributed by atoms with van der Waals surface area (Å²) in [4.78, 5) is 15.5. The van der Waals surface area contributed by atoms with Crippen LogP contribution in [0.25, 0.3) is 0 Å². The number of piperidine rings is 2. The van der Waals surface area contributed by atoms with E-state index in [0.29, 0.717) is 21.0 Å². The first-order valence-corrected chi connectivity index (χ1v) is 13.1. The Hall–Kier alpha value is -1.66. The van der Waals surface area contributed by atoms with Crippen molar-refractivity contribution in [3.05, 3.63) is 57.0 Å². The number of likely N-dealkylation sites (tertiary alicyclic amines) is 1. The number of carboxylic acids is 1. The Balaban J connectivity index is 1.34. The molecule has 1 unspecified atom stereocenters. The van der Waals surface area contributed by atoms with Gasteiger partial charge in [0.2, 0.25) is 0 Å². The lowest BCUT2D eigenvalue weighted by Gasteiger charge is -2.40. The molecular weight excluding hydrogens is 493 g/mol. The first-order chi connectivity index (χ1) is 16.3. The molecule has 0 saturated carbocycles. The van der Waals surface area contributed by atoms with Crippen molar-refractivity contribution in [3.8, 4) is 0 Å². The lowest BCUT2D eigenvalue weighted by atomic mass is 9.78. The molecule has 2 aliphatic heterocycles. The van der Waals surface area contributed by atoms with E-state index in [1.807, 2.05) is 18.2 Å². The van der Waals surface area contributed by atoms with Crippen molar-refractivity contribution in [2.24, 2.45) is 11.8 Å². The van der Waals surface area contributed by atoms with Gasteiger partial charge in [0.05, 0.1) is 23.3 Å². The fraction of sp³-hybridized carbons (Fsp3) is 0.500. The summed E-state index contributed by atoms with van der Waals surface area (Å²) in [6.07, 6.45) is 4.56. The predicted molar refractivity (Wildman–Crippen MR) is 142 cm³/mol. The topological polar surface area (TPSA) is 55.8 Å². The van der Waals surface area contributed by atoms with E-state index >= 15 is 0 Å². The van der Waals surface area contributed by atoms with E-state index in [4.69, 9.17) is 39.9 Å². The van der Waals surface area contributed by atoms with E-state index < -0.39 is 5.97 Å². The van der Waals surface area contributed by atoms with Crippen LogP contribution in [0.1, 0.15) is 44.2 Å². The molecule has 0 radical (unpaired) electrons. The normalized spacial score (nSPS) is 19.2. The molecule has 0 aromatic heterocycles. The smallest absolute Gasteiger partial charge is 0.317 e. The number of hydrogen-bond donors (Lipinski definition) is 2. The molecule has 2 aliphatic rings. The monoisotopic (exact) mass is 523 g/mol. The number of nitrogens with zero attached hydrogens (tertiary/aromatic N) is 2. The van der Waals surface area contributed by atoms with Crippen molar-refractivity contribution in [2.75, 3.05) is 42.9 Å². The molecule has 1 atom stereocenters. The highest BCUT2D eigenvalue weighted by Crippen LogP contribution is 2.37. The van der Waals surface area contributed by atoms with E-state index in [0.717, 1.165) is 56.2 Å². The summed E-state index contributed by atoms with van der Waals surface area (Å²) >= 11 is 19.0. The quantitative estimate of drug-likeness (QED) is 0.415. The second-order valence-corrected chi connectivity index (χ2v) is 10.8. The highest BCUT2D eigenvalue weighted by atomic mass is 35.5. The van der Waals surface area contributed by atoms with Crippen molar-refractivity contribution in [2.45, 2.75) is 38.6 Å². The Morgan fingerprint density at radius 1 is 0.971 bits per heavy atom. The molecule has 2 heterocycles. The van der Waals surface area contributed by atoms with Crippen LogP contribution in [0.15, 0.2) is 36.4 Å². The highest BCUT2D eigenvalue weighted by molar-refractivity contribution is 6.35. The van der Waals surface area contributed by atoms with Crippen LogP contribution >= 0.6 is 34.8 Å². The van der Waals surface area contributed by atoms with Crippen molar-refractivity contribution in [1.82, 2.24) is 4.90 Å². The number of nitrogens with one attached hydrogen (secondary N) is 1. The first kappa shape index (κ1) is 25.4. The fourth-order valence-electron chi connectivity index (χ4n) is 5.39. The second-order valence-electron chi connectivity index (χ2n) is 9.53. The summed E-state index contributed by atoms with van der Waals surface area (Å²) in [5, 5.41) is 14.5. The molecule has 5 nitrogen and oxygen atoms in total. The Morgan fingerprint density at radius 2 is 1.62 bits per heavy atom. The zero-order valence-electron chi connectivity index (χ0n) is 19.4. The third-order valence-corrected chi connectivity index (χ3v) is 8.21. The molecule has 2 fully saturated rings. The fourth-order valence-corrected chi connectivity index (χ4v) is 6.13. The van der Waals surface area contributed by atoms with Crippen LogP contribution in [0.5, 0.6) is 0 Å². The van der Waals surface area contributed by atoms with Gasteiger partial charge in [-0.3, -0.25) is 9.69 Å². The molecule has 8 heteroatoms. The molecule has 0 amide bonds. The van der Waals surface area contributed by atoms with Crippen LogP contribution < -0.4 is 10.2 Å². The molecule has 0 spiro atoms. The summed E-state index contributed by atoms with van der Waals surface area (Å²) < 4.78 is 0. The lowest BCUT2D eigenvalue weighted by Crippen LogP contribution is -2.42. The lowest BCUT2D eigenvalue weighted by molar-refractivity contribution is -0.138. The zero-order chi connectivity index (χ0) is 24.2. The van der Waals surface area contributed by atoms with Crippen LogP contribution in [-0.2, 0) is 4.79 Å². The predicted octanol–water partition coefficient (Wildman–Crippen LogP) is 6.83. The van der Waals surface area contributed by atoms with E-state index in [2.05, 4.69) is 34.2 Å². The van der Waals surface area contributed by atoms with Crippen LogP contribution in [0, 0.1) is 11.8 Å². The number of carbonyl (C=O) groups is 1. The van der Waals surface area contributed by atoms with Crippen LogP contribution in [0.3, 0.4) is 0 Å². The van der Waals surface area contributed by atoms with E-state index in [1.165, 1.54) is 18.5 Å². The largest absolute Gasteiger partial charge is 0.480 e. The zero-order valence-corrected chi connectivity index (χ0v) is 21.7. The summed E-state index contributed by atoms with van der Waals surface area (Å²) in [6, 6.07) is 11.7. The molecule has 4 rings (SSSR count). The molecule has 2 saturated heterocycles. The van der Waals surface area contributed by atoms with Gasteiger partial charge in [0.15, 0.2) is 0 Å². The number of anilines is 2. The maximum absolute atomic E-state index is 11.0. The van der Waals surface area contributed by atoms with Gasteiger partial charge in [-0.1, -0.05) is 40.9 Å². The Morgan fingerprint density at radius 3 is 2.24 bits per heavy atom. The number of benzene rings is 2. The van der Waals surface area contributed by atoms with Gasteiger partial charge < -0.3 is 15.3 Å². The minimum Gasteiger partial charge on any atom is -0.480 e. The van der Waals surface area contributed by atoms with Gasteiger partial charge in [-0.15, -0.1) is 0 Å². The highest BCUT2D eigenvalue weighted by Gasteiger charge is 2.30. The van der Waals surface area contributed by atoms with Gasteiger partial charge in [0.1, 0.15) is 0 Å². The van der Waals surface area contributed by atoms with Gasteiger partial charge in [-0.25, -0.2) is 0 Å². The molecule has 2 aromatic rings. The minimum atomic E-state index is -0.728. The maximum Gasteiger partial charge on any atom is 0.317 e. The van der Waals surface area contributed by atoms with Crippen molar-refractivity contribution in [3.63, 3.8) is 0 Å². The third kappa shape index (κ3) is 6.31. The third-order valence-electron chi connectivity index (χ3n) is 7.31. The number of carboxylic acid groups (broad SMARTS) is 1. The number of rotatable bonds is 7. The summed E-state index contributed by atoms with van der Waals surface area (Å²) in [5.74, 6) is 0.703. The van der Waals surface area contributed by atoms with Gasteiger partial charge in [-0.05, 0) is 93.4 Å². The molecular formula is C26H32Cl3N3O2. The van der Waals surface area contributed by atoms with Crippen molar-refractivity contribution < 1.29 is 9.90 Å². The summed E-state index contributed by atoms with van der Waals surface area (Å²) in [7, 11) is 0. The summed E-state index contributed by atoms with van der Waals surface area (Å²) in [6.45, 7) is 6.09. The summed E-state index contributed by atoms with van der Waals surface area (Å²) in [5.41, 5.74) is 3.05. The van der Waals surface area contributed by atoms with Crippen LogP contribution in [0.2, 0.25) is 15.1 Å². The number of hydrogen-bond acceptors (Lipinski definition) is 4. The van der Waals surface area contributed by atoms with Crippen LogP contribution in [-0.4, -0.2) is 48.7 Å². The SMILES string of the molecule is CC(Nc1cc(N2CCC(C3CCN(CC(=O)O)CC3)CC2)ccc1Cl)c1ccc(Cl)cc1Cl. The minimum absolute atomic E-state index is 0.0183. The van der Waals surface area contributed by atoms with Crippen molar-refractivity contribution >= 4 is 52.1 Å². The van der Waals surface area contributed by atoms with Crippen LogP contribution in [0.4, 0.5) is 11.4 Å². The first-order valence-electron chi connectivity index (χ1n) is 12.0. The Bertz CT molecular complexity index is 1000. The molecule has 34 heavy (non-hydrogen) atoms. The number of aliphatic carboxylic acids is 1. The maximum atomic E-state index is 11.0. The van der Waals surface area contributed by atoms with Gasteiger partial charge in [0.25, 0.3) is 0 Å². The standard InChI is InChI=1S/C26H32Cl3N3O2/c1-17(22-4-2-20(27)14-24(22)29)30-25-15-21(3-5-23(25)28)32-12-8-19(9-13-32)18-6-10-31(11-7-18)16-26(33)34/h2-5,14-15,17-19,30H,6-13,16H2,1H3,(H,33,34). The molecule has 0 bridgehead atoms. The molecule has 2 N–H and O–H groups in total. The average Bonchev–Trinajstić information content (AvgIpc) is 2.81. The van der Waals surface area contributed by atoms with Crippen molar-refractivity contribution in [1.29, 1.82) is 0 Å². The second kappa shape index (κ2) is 11.4. The van der Waals surface area contributed by atoms with E-state index in [-0.39, 0.29) is 12.6 Å². The molecule has 0 aliphatic carbocycles. The van der Waals surface area contributed by atoms with E-state index in [1.54, 1.807) is 6.07 Å². The van der Waals surface area contributed by atoms with Gasteiger partial charge in [0, 0.05) is 28.8 Å². The van der Waals surface area contributed by atoms with Gasteiger partial charge in [-0.2, -0.15) is 0 Å². The van der Waals surface area contributed by atoms with E-state index in [9.17, 15) is 4.79 Å². The average molecular weight is 525 g/mol. The Kier molecular flexibility index (Phi) is 8.52. The Labute approximate surface area is 217 Å². The number of halogens is 3. The molecule has 2 aromatic carbocycles. The molecule has 184 valence electrons. The van der Waals surface area contributed by atoms with Gasteiger partial charge >= 0.3 is 5.97 Å².